The van der Waals surface area contributed by atoms with E-state index >= 15 is 0 Å². The molecule has 0 atom stereocenters. The Bertz CT molecular complexity index is 993. The number of amides is 2. The predicted octanol–water partition coefficient (Wildman–Crippen LogP) is 4.24. The van der Waals surface area contributed by atoms with E-state index in [0.29, 0.717) is 10.2 Å². The number of aromatic carboxylic acids is 1. The van der Waals surface area contributed by atoms with E-state index < -0.39 is 17.8 Å². The highest BCUT2D eigenvalue weighted by molar-refractivity contribution is 9.10. The predicted molar refractivity (Wildman–Crippen MR) is 102 cm³/mol. The zero-order chi connectivity index (χ0) is 20.1. The molecule has 0 saturated carbocycles. The molecule has 0 radical (unpaired) electrons. The summed E-state index contributed by atoms with van der Waals surface area (Å²) in [6.07, 6.45) is 1.47. The van der Waals surface area contributed by atoms with Crippen molar-refractivity contribution in [3.8, 4) is 5.88 Å². The molecule has 1 aromatic carbocycles. The molecule has 2 amide bonds. The number of rotatable bonds is 7. The lowest BCUT2D eigenvalue weighted by molar-refractivity contribution is 0.0693. The van der Waals surface area contributed by atoms with Crippen molar-refractivity contribution in [2.24, 2.45) is 0 Å². The lowest BCUT2D eigenvalue weighted by atomic mass is 10.2. The average Bonchev–Trinajstić information content (AvgIpc) is 3.29. The Hall–Kier alpha value is -2.92. The maximum absolute atomic E-state index is 13.9. The Morgan fingerprint density at radius 3 is 2.86 bits per heavy atom. The topological polar surface area (TPSA) is 114 Å². The summed E-state index contributed by atoms with van der Waals surface area (Å²) in [6.45, 7) is -0.0838. The third-order valence-corrected chi connectivity index (χ3v) is 4.72. The summed E-state index contributed by atoms with van der Waals surface area (Å²) in [4.78, 5) is 23.5. The molecule has 0 spiro atoms. The number of carbonyl (C=O) groups is 2. The molecule has 2 aromatic heterocycles. The Morgan fingerprint density at radius 1 is 1.36 bits per heavy atom. The molecule has 11 heteroatoms. The minimum Gasteiger partial charge on any atom is -0.477 e. The summed E-state index contributed by atoms with van der Waals surface area (Å²) in [5.74, 6) is -1.50. The van der Waals surface area contributed by atoms with E-state index in [0.717, 1.165) is 11.5 Å². The number of anilines is 1. The van der Waals surface area contributed by atoms with E-state index in [1.807, 2.05) is 0 Å². The van der Waals surface area contributed by atoms with Gasteiger partial charge in [0, 0.05) is 10.0 Å². The molecule has 0 unspecified atom stereocenters. The highest BCUT2D eigenvalue weighted by Crippen LogP contribution is 2.31. The summed E-state index contributed by atoms with van der Waals surface area (Å²) in [5.41, 5.74) is -0.0751. The summed E-state index contributed by atoms with van der Waals surface area (Å²) < 4.78 is 28.8. The molecule has 3 rings (SSSR count). The average molecular weight is 470 g/mol. The SMILES string of the molecule is O=C(NCc1ccco1)Nc1snc(OCc2ccc(Br)cc2F)c1C(=O)O. The van der Waals surface area contributed by atoms with Gasteiger partial charge < -0.3 is 19.6 Å². The van der Waals surface area contributed by atoms with E-state index in [1.165, 1.54) is 18.4 Å². The van der Waals surface area contributed by atoms with Crippen LogP contribution in [0.2, 0.25) is 0 Å². The molecule has 146 valence electrons. The van der Waals surface area contributed by atoms with Gasteiger partial charge in [-0.15, -0.1) is 0 Å². The number of furan rings is 1. The fraction of sp³-hybridized carbons (Fsp3) is 0.118. The Kier molecular flexibility index (Phi) is 6.26. The Labute approximate surface area is 170 Å². The third kappa shape index (κ3) is 4.87. The lowest BCUT2D eigenvalue weighted by Crippen LogP contribution is -2.28. The number of carbonyl (C=O) groups excluding carboxylic acids is 1. The van der Waals surface area contributed by atoms with Gasteiger partial charge in [0.15, 0.2) is 5.56 Å². The highest BCUT2D eigenvalue weighted by atomic mass is 79.9. The van der Waals surface area contributed by atoms with Crippen LogP contribution in [0.1, 0.15) is 21.7 Å². The second-order valence-corrected chi connectivity index (χ2v) is 7.10. The summed E-state index contributed by atoms with van der Waals surface area (Å²) >= 11 is 3.90. The van der Waals surface area contributed by atoms with Crippen LogP contribution in [-0.4, -0.2) is 21.5 Å². The van der Waals surface area contributed by atoms with Gasteiger partial charge in [-0.05, 0) is 35.8 Å². The van der Waals surface area contributed by atoms with Crippen LogP contribution in [0.15, 0.2) is 45.5 Å². The zero-order valence-electron chi connectivity index (χ0n) is 14.1. The van der Waals surface area contributed by atoms with Crippen LogP contribution < -0.4 is 15.4 Å². The number of carboxylic acids is 1. The quantitative estimate of drug-likeness (QED) is 0.476. The van der Waals surface area contributed by atoms with Gasteiger partial charge in [-0.2, -0.15) is 4.37 Å². The van der Waals surface area contributed by atoms with Gasteiger partial charge in [-0.25, -0.2) is 14.0 Å². The number of halogens is 2. The molecule has 0 saturated heterocycles. The number of nitrogens with one attached hydrogen (secondary N) is 2. The molecule has 3 N–H and O–H groups in total. The number of carboxylic acid groups (broad SMARTS) is 1. The van der Waals surface area contributed by atoms with Gasteiger partial charge in [0.2, 0.25) is 5.88 Å². The fourth-order valence-corrected chi connectivity index (χ4v) is 3.22. The van der Waals surface area contributed by atoms with Gasteiger partial charge in [-0.3, -0.25) is 5.32 Å². The maximum atomic E-state index is 13.9. The Morgan fingerprint density at radius 2 is 2.18 bits per heavy atom. The van der Waals surface area contributed by atoms with Gasteiger partial charge in [0.1, 0.15) is 23.2 Å². The molecule has 0 aliphatic carbocycles. The standard InChI is InChI=1S/C17H13BrFN3O5S/c18-10-4-3-9(12(19)6-10)8-27-14-13(16(23)24)15(28-22-14)21-17(25)20-7-11-2-1-5-26-11/h1-6H,7-8H2,(H,23,24)(H2,20,21,25). The zero-order valence-corrected chi connectivity index (χ0v) is 16.5. The molecule has 3 aromatic rings. The summed E-state index contributed by atoms with van der Waals surface area (Å²) in [6, 6.07) is 7.15. The van der Waals surface area contributed by atoms with Crippen molar-refractivity contribution in [1.29, 1.82) is 0 Å². The van der Waals surface area contributed by atoms with Crippen molar-refractivity contribution in [1.82, 2.24) is 9.69 Å². The number of urea groups is 1. The molecule has 8 nitrogen and oxygen atoms in total. The molecule has 0 aliphatic rings. The first-order valence-corrected chi connectivity index (χ1v) is 9.37. The van der Waals surface area contributed by atoms with Gasteiger partial charge in [0.25, 0.3) is 0 Å². The third-order valence-electron chi connectivity index (χ3n) is 3.48. The van der Waals surface area contributed by atoms with Crippen LogP contribution in [0, 0.1) is 5.82 Å². The lowest BCUT2D eigenvalue weighted by Gasteiger charge is -2.07. The molecule has 0 bridgehead atoms. The summed E-state index contributed by atoms with van der Waals surface area (Å²) in [7, 11) is 0. The first-order chi connectivity index (χ1) is 13.4. The number of hydrogen-bond acceptors (Lipinski definition) is 6. The van der Waals surface area contributed by atoms with Gasteiger partial charge in [0.05, 0.1) is 12.8 Å². The van der Waals surface area contributed by atoms with Crippen LogP contribution >= 0.6 is 27.5 Å². The normalized spacial score (nSPS) is 10.5. The van der Waals surface area contributed by atoms with Crippen molar-refractivity contribution < 1.29 is 28.2 Å². The van der Waals surface area contributed by atoms with Crippen LogP contribution in [0.4, 0.5) is 14.2 Å². The van der Waals surface area contributed by atoms with Crippen molar-refractivity contribution in [3.05, 3.63) is 63.8 Å². The van der Waals surface area contributed by atoms with Crippen molar-refractivity contribution in [2.45, 2.75) is 13.2 Å². The number of benzene rings is 1. The van der Waals surface area contributed by atoms with Crippen molar-refractivity contribution >= 4 is 44.5 Å². The fourth-order valence-electron chi connectivity index (χ4n) is 2.16. The van der Waals surface area contributed by atoms with E-state index in [-0.39, 0.29) is 35.2 Å². The molecule has 28 heavy (non-hydrogen) atoms. The number of ether oxygens (including phenoxy) is 1. The number of aromatic nitrogens is 1. The molecule has 0 aliphatic heterocycles. The van der Waals surface area contributed by atoms with Gasteiger partial charge >= 0.3 is 12.0 Å². The van der Waals surface area contributed by atoms with E-state index in [2.05, 4.69) is 30.9 Å². The minimum absolute atomic E-state index is 0.00396. The van der Waals surface area contributed by atoms with Crippen LogP contribution in [-0.2, 0) is 13.2 Å². The van der Waals surface area contributed by atoms with Crippen LogP contribution in [0.25, 0.3) is 0 Å². The first-order valence-electron chi connectivity index (χ1n) is 7.81. The monoisotopic (exact) mass is 469 g/mol. The smallest absolute Gasteiger partial charge is 0.344 e. The summed E-state index contributed by atoms with van der Waals surface area (Å²) in [5, 5.41) is 14.4. The first kappa shape index (κ1) is 19.8. The van der Waals surface area contributed by atoms with E-state index in [9.17, 15) is 19.1 Å². The van der Waals surface area contributed by atoms with Crippen molar-refractivity contribution in [2.75, 3.05) is 5.32 Å². The molecule has 0 fully saturated rings. The molecular formula is C17H13BrFN3O5S. The molecule has 2 heterocycles. The van der Waals surface area contributed by atoms with Crippen molar-refractivity contribution in [3.63, 3.8) is 0 Å². The number of nitrogens with zero attached hydrogens (tertiary/aromatic N) is 1. The second kappa shape index (κ2) is 8.85. The largest absolute Gasteiger partial charge is 0.477 e. The number of hydrogen-bond donors (Lipinski definition) is 3. The van der Waals surface area contributed by atoms with Gasteiger partial charge in [-0.1, -0.05) is 22.0 Å². The molecular weight excluding hydrogens is 457 g/mol. The second-order valence-electron chi connectivity index (χ2n) is 5.41. The van der Waals surface area contributed by atoms with Crippen LogP contribution in [0.5, 0.6) is 5.88 Å². The Balaban J connectivity index is 1.67. The van der Waals surface area contributed by atoms with E-state index in [4.69, 9.17) is 9.15 Å². The van der Waals surface area contributed by atoms with E-state index in [1.54, 1.807) is 18.2 Å². The maximum Gasteiger partial charge on any atom is 0.344 e. The van der Waals surface area contributed by atoms with Crippen LogP contribution in [0.3, 0.4) is 0 Å². The highest BCUT2D eigenvalue weighted by Gasteiger charge is 2.23. The minimum atomic E-state index is -1.33.